The van der Waals surface area contributed by atoms with Crippen LogP contribution >= 0.6 is 0 Å². The van der Waals surface area contributed by atoms with Crippen molar-refractivity contribution in [3.05, 3.63) is 0 Å². The van der Waals surface area contributed by atoms with Gasteiger partial charge in [-0.1, -0.05) is 6.42 Å². The monoisotopic (exact) mass is 171 g/mol. The molecule has 72 valence electrons. The SMILES string of the molecule is CN(C)C(CN)C1CCCCN1. The van der Waals surface area contributed by atoms with E-state index in [2.05, 4.69) is 24.3 Å². The van der Waals surface area contributed by atoms with Crippen molar-refractivity contribution in [3.63, 3.8) is 0 Å². The highest BCUT2D eigenvalue weighted by atomic mass is 15.1. The van der Waals surface area contributed by atoms with Gasteiger partial charge < -0.3 is 16.0 Å². The molecule has 0 aromatic carbocycles. The summed E-state index contributed by atoms with van der Waals surface area (Å²) in [6.07, 6.45) is 3.95. The molecule has 3 N–H and O–H groups in total. The molecule has 0 bridgehead atoms. The quantitative estimate of drug-likeness (QED) is 0.629. The van der Waals surface area contributed by atoms with Crippen molar-refractivity contribution in [1.82, 2.24) is 10.2 Å². The van der Waals surface area contributed by atoms with Crippen LogP contribution in [0.5, 0.6) is 0 Å². The molecule has 3 heteroatoms. The Morgan fingerprint density at radius 1 is 1.50 bits per heavy atom. The van der Waals surface area contributed by atoms with E-state index in [9.17, 15) is 0 Å². The van der Waals surface area contributed by atoms with Gasteiger partial charge >= 0.3 is 0 Å². The molecule has 1 rings (SSSR count). The van der Waals surface area contributed by atoms with Gasteiger partial charge in [0.2, 0.25) is 0 Å². The van der Waals surface area contributed by atoms with Crippen LogP contribution in [0.25, 0.3) is 0 Å². The van der Waals surface area contributed by atoms with Crippen LogP contribution in [0.4, 0.5) is 0 Å². The number of piperidine rings is 1. The first-order valence-corrected chi connectivity index (χ1v) is 4.85. The Morgan fingerprint density at radius 2 is 2.25 bits per heavy atom. The van der Waals surface area contributed by atoms with Crippen LogP contribution < -0.4 is 11.1 Å². The van der Waals surface area contributed by atoms with Crippen molar-refractivity contribution in [2.45, 2.75) is 31.3 Å². The highest BCUT2D eigenvalue weighted by Crippen LogP contribution is 2.12. The molecule has 1 aliphatic heterocycles. The van der Waals surface area contributed by atoms with Gasteiger partial charge in [0.05, 0.1) is 0 Å². The number of hydrogen-bond donors (Lipinski definition) is 2. The molecule has 1 fully saturated rings. The van der Waals surface area contributed by atoms with Crippen LogP contribution in [0.3, 0.4) is 0 Å². The second-order valence-electron chi connectivity index (χ2n) is 3.82. The zero-order valence-corrected chi connectivity index (χ0v) is 8.21. The summed E-state index contributed by atoms with van der Waals surface area (Å²) in [5.41, 5.74) is 5.72. The Bertz CT molecular complexity index is 119. The minimum absolute atomic E-state index is 0.505. The normalized spacial score (nSPS) is 27.5. The highest BCUT2D eigenvalue weighted by Gasteiger charge is 2.23. The molecule has 12 heavy (non-hydrogen) atoms. The molecule has 0 spiro atoms. The van der Waals surface area contributed by atoms with Gasteiger partial charge in [0, 0.05) is 18.6 Å². The Morgan fingerprint density at radius 3 is 2.67 bits per heavy atom. The van der Waals surface area contributed by atoms with Crippen molar-refractivity contribution in [3.8, 4) is 0 Å². The van der Waals surface area contributed by atoms with Gasteiger partial charge in [-0.15, -0.1) is 0 Å². The largest absolute Gasteiger partial charge is 0.329 e. The second-order valence-corrected chi connectivity index (χ2v) is 3.82. The second kappa shape index (κ2) is 4.80. The Balaban J connectivity index is 2.40. The van der Waals surface area contributed by atoms with Crippen molar-refractivity contribution in [1.29, 1.82) is 0 Å². The molecule has 1 heterocycles. The molecular weight excluding hydrogens is 150 g/mol. The third kappa shape index (κ3) is 2.44. The van der Waals surface area contributed by atoms with Gasteiger partial charge in [-0.05, 0) is 33.5 Å². The fourth-order valence-corrected chi connectivity index (χ4v) is 1.94. The Hall–Kier alpha value is -0.120. The lowest BCUT2D eigenvalue weighted by Gasteiger charge is -2.34. The first kappa shape index (κ1) is 9.96. The van der Waals surface area contributed by atoms with E-state index in [1.807, 2.05) is 0 Å². The smallest absolute Gasteiger partial charge is 0.0365 e. The van der Waals surface area contributed by atoms with E-state index in [1.54, 1.807) is 0 Å². The first-order valence-electron chi connectivity index (χ1n) is 4.85. The van der Waals surface area contributed by atoms with E-state index in [0.29, 0.717) is 12.1 Å². The van der Waals surface area contributed by atoms with E-state index >= 15 is 0 Å². The van der Waals surface area contributed by atoms with Gasteiger partial charge in [0.1, 0.15) is 0 Å². The standard InChI is InChI=1S/C9H21N3/c1-12(2)9(7-10)8-5-3-4-6-11-8/h8-9,11H,3-7,10H2,1-2H3. The molecule has 1 saturated heterocycles. The lowest BCUT2D eigenvalue weighted by Crippen LogP contribution is -2.52. The zero-order chi connectivity index (χ0) is 8.97. The van der Waals surface area contributed by atoms with Crippen LogP contribution in [0.15, 0.2) is 0 Å². The molecule has 0 amide bonds. The molecule has 2 atom stereocenters. The van der Waals surface area contributed by atoms with Crippen LogP contribution in [-0.2, 0) is 0 Å². The first-order chi connectivity index (χ1) is 5.75. The van der Waals surface area contributed by atoms with Gasteiger partial charge in [-0.25, -0.2) is 0 Å². The molecule has 2 unspecified atom stereocenters. The zero-order valence-electron chi connectivity index (χ0n) is 8.21. The fourth-order valence-electron chi connectivity index (χ4n) is 1.94. The molecular formula is C9H21N3. The Kier molecular flexibility index (Phi) is 3.98. The number of likely N-dealkylation sites (N-methyl/N-ethyl adjacent to an activating group) is 1. The number of rotatable bonds is 3. The van der Waals surface area contributed by atoms with Gasteiger partial charge in [0.15, 0.2) is 0 Å². The molecule has 0 aromatic rings. The predicted molar refractivity (Wildman–Crippen MR) is 52.2 cm³/mol. The Labute approximate surface area is 75.3 Å². The lowest BCUT2D eigenvalue weighted by molar-refractivity contribution is 0.208. The molecule has 0 saturated carbocycles. The third-order valence-corrected chi connectivity index (χ3v) is 2.72. The summed E-state index contributed by atoms with van der Waals surface area (Å²) in [6.45, 7) is 1.92. The van der Waals surface area contributed by atoms with Gasteiger partial charge in [-0.2, -0.15) is 0 Å². The minimum Gasteiger partial charge on any atom is -0.329 e. The maximum atomic E-state index is 5.72. The molecule has 0 aromatic heterocycles. The van der Waals surface area contributed by atoms with Crippen molar-refractivity contribution in [2.24, 2.45) is 5.73 Å². The third-order valence-electron chi connectivity index (χ3n) is 2.72. The van der Waals surface area contributed by atoms with Gasteiger partial charge in [-0.3, -0.25) is 0 Å². The minimum atomic E-state index is 0.505. The van der Waals surface area contributed by atoms with E-state index < -0.39 is 0 Å². The van der Waals surface area contributed by atoms with Crippen molar-refractivity contribution >= 4 is 0 Å². The average molecular weight is 171 g/mol. The predicted octanol–water partition coefficient (Wildman–Crippen LogP) is 0.0174. The number of nitrogens with two attached hydrogens (primary N) is 1. The maximum Gasteiger partial charge on any atom is 0.0365 e. The number of nitrogens with one attached hydrogen (secondary N) is 1. The van der Waals surface area contributed by atoms with E-state index in [0.717, 1.165) is 13.1 Å². The molecule has 0 aliphatic carbocycles. The topological polar surface area (TPSA) is 41.3 Å². The summed E-state index contributed by atoms with van der Waals surface area (Å²) in [5.74, 6) is 0. The molecule has 0 radical (unpaired) electrons. The fraction of sp³-hybridized carbons (Fsp3) is 1.00. The molecule has 1 aliphatic rings. The van der Waals surface area contributed by atoms with Gasteiger partial charge in [0.25, 0.3) is 0 Å². The molecule has 3 nitrogen and oxygen atoms in total. The van der Waals surface area contributed by atoms with E-state index in [-0.39, 0.29) is 0 Å². The maximum absolute atomic E-state index is 5.72. The van der Waals surface area contributed by atoms with Crippen LogP contribution in [0.1, 0.15) is 19.3 Å². The highest BCUT2D eigenvalue weighted by molar-refractivity contribution is 4.85. The summed E-state index contributed by atoms with van der Waals surface area (Å²) in [6, 6.07) is 1.11. The van der Waals surface area contributed by atoms with Crippen LogP contribution in [-0.4, -0.2) is 44.2 Å². The summed E-state index contributed by atoms with van der Waals surface area (Å²) in [4.78, 5) is 2.23. The van der Waals surface area contributed by atoms with E-state index in [1.165, 1.54) is 19.3 Å². The summed E-state index contributed by atoms with van der Waals surface area (Å²) >= 11 is 0. The van der Waals surface area contributed by atoms with E-state index in [4.69, 9.17) is 5.73 Å². The van der Waals surface area contributed by atoms with Crippen LogP contribution in [0.2, 0.25) is 0 Å². The lowest BCUT2D eigenvalue weighted by atomic mass is 9.97. The average Bonchev–Trinajstić information content (AvgIpc) is 2.07. The number of nitrogens with zero attached hydrogens (tertiary/aromatic N) is 1. The van der Waals surface area contributed by atoms with Crippen LogP contribution in [0, 0.1) is 0 Å². The van der Waals surface area contributed by atoms with Crippen molar-refractivity contribution in [2.75, 3.05) is 27.2 Å². The summed E-state index contributed by atoms with van der Waals surface area (Å²) in [7, 11) is 4.21. The number of hydrogen-bond acceptors (Lipinski definition) is 3. The summed E-state index contributed by atoms with van der Waals surface area (Å²) in [5, 5.41) is 3.53. The summed E-state index contributed by atoms with van der Waals surface area (Å²) < 4.78 is 0. The van der Waals surface area contributed by atoms with Crippen molar-refractivity contribution < 1.29 is 0 Å².